The van der Waals surface area contributed by atoms with E-state index in [2.05, 4.69) is 10.4 Å². The predicted octanol–water partition coefficient (Wildman–Crippen LogP) is 3.13. The van der Waals surface area contributed by atoms with Crippen molar-refractivity contribution in [2.24, 2.45) is 0 Å². The number of thiophene rings is 1. The highest BCUT2D eigenvalue weighted by atomic mass is 32.1. The van der Waals surface area contributed by atoms with Crippen molar-refractivity contribution >= 4 is 39.7 Å². The molecule has 1 amide bonds. The van der Waals surface area contributed by atoms with Gasteiger partial charge in [-0.3, -0.25) is 24.4 Å². The fourth-order valence-corrected chi connectivity index (χ4v) is 3.76. The normalized spacial score (nSPS) is 11.7. The standard InChI is InChI=1S/C17H20N4O6S/c1-5-12(20-8-11(7-18-20)21(25)26)15(23)19-16-13(17(24)27-6-2)9(3)14(28-16)10(4)22/h7-8,12H,5-6H2,1-4H3,(H,19,23). The molecule has 28 heavy (non-hydrogen) atoms. The largest absolute Gasteiger partial charge is 0.462 e. The number of carbonyl (C=O) groups is 3. The maximum atomic E-state index is 12.8. The van der Waals surface area contributed by atoms with E-state index in [0.717, 1.165) is 17.5 Å². The molecule has 1 atom stereocenters. The first-order valence-electron chi connectivity index (χ1n) is 8.52. The van der Waals surface area contributed by atoms with Gasteiger partial charge in [-0.1, -0.05) is 6.92 Å². The van der Waals surface area contributed by atoms with Crippen molar-refractivity contribution in [3.8, 4) is 0 Å². The molecule has 0 bridgehead atoms. The Balaban J connectivity index is 2.37. The second kappa shape index (κ2) is 8.74. The maximum absolute atomic E-state index is 12.8. The van der Waals surface area contributed by atoms with Crippen LogP contribution in [0.4, 0.5) is 10.7 Å². The minimum absolute atomic E-state index is 0.131. The number of nitrogens with zero attached hydrogens (tertiary/aromatic N) is 3. The number of aromatic nitrogens is 2. The molecule has 2 aromatic heterocycles. The molecule has 10 nitrogen and oxygen atoms in total. The highest BCUT2D eigenvalue weighted by Gasteiger charge is 2.28. The average Bonchev–Trinajstić information content (AvgIpc) is 3.21. The third kappa shape index (κ3) is 4.25. The van der Waals surface area contributed by atoms with Crippen molar-refractivity contribution in [3.05, 3.63) is 38.5 Å². The van der Waals surface area contributed by atoms with E-state index in [1.54, 1.807) is 20.8 Å². The number of anilines is 1. The van der Waals surface area contributed by atoms with Crippen LogP contribution >= 0.6 is 11.3 Å². The van der Waals surface area contributed by atoms with E-state index in [0.29, 0.717) is 16.9 Å². The van der Waals surface area contributed by atoms with Crippen LogP contribution in [0.2, 0.25) is 0 Å². The van der Waals surface area contributed by atoms with Crippen LogP contribution in [-0.4, -0.2) is 39.0 Å². The smallest absolute Gasteiger partial charge is 0.341 e. The minimum atomic E-state index is -0.827. The van der Waals surface area contributed by atoms with Gasteiger partial charge in [0.25, 0.3) is 0 Å². The van der Waals surface area contributed by atoms with Gasteiger partial charge in [-0.2, -0.15) is 5.10 Å². The van der Waals surface area contributed by atoms with E-state index in [1.165, 1.54) is 17.8 Å². The Morgan fingerprint density at radius 1 is 1.39 bits per heavy atom. The molecule has 0 saturated heterocycles. The van der Waals surface area contributed by atoms with Crippen LogP contribution in [0.1, 0.15) is 58.8 Å². The molecule has 0 aliphatic carbocycles. The molecule has 11 heteroatoms. The van der Waals surface area contributed by atoms with Gasteiger partial charge < -0.3 is 10.1 Å². The Hall–Kier alpha value is -3.08. The van der Waals surface area contributed by atoms with E-state index in [-0.39, 0.29) is 28.6 Å². The topological polar surface area (TPSA) is 133 Å². The molecule has 0 spiro atoms. The second-order valence-corrected chi connectivity index (χ2v) is 6.91. The van der Waals surface area contributed by atoms with Crippen molar-refractivity contribution in [3.63, 3.8) is 0 Å². The lowest BCUT2D eigenvalue weighted by molar-refractivity contribution is -0.385. The predicted molar refractivity (Wildman–Crippen MR) is 102 cm³/mol. The summed E-state index contributed by atoms with van der Waals surface area (Å²) < 4.78 is 6.24. The first-order valence-corrected chi connectivity index (χ1v) is 9.33. The zero-order valence-electron chi connectivity index (χ0n) is 15.8. The third-order valence-electron chi connectivity index (χ3n) is 3.99. The molecule has 150 valence electrons. The number of Topliss-reactive ketones (excluding diaryl/α,β-unsaturated/α-hetero) is 1. The number of ether oxygens (including phenoxy) is 1. The fourth-order valence-electron chi connectivity index (χ4n) is 2.67. The number of carbonyl (C=O) groups excluding carboxylic acids is 3. The number of esters is 1. The van der Waals surface area contributed by atoms with Crippen LogP contribution < -0.4 is 5.32 Å². The summed E-state index contributed by atoms with van der Waals surface area (Å²) in [6, 6.07) is -0.827. The summed E-state index contributed by atoms with van der Waals surface area (Å²) in [6.07, 6.45) is 2.53. The summed E-state index contributed by atoms with van der Waals surface area (Å²) in [4.78, 5) is 47.5. The zero-order chi connectivity index (χ0) is 21.0. The highest BCUT2D eigenvalue weighted by Crippen LogP contribution is 2.34. The van der Waals surface area contributed by atoms with Gasteiger partial charge >= 0.3 is 11.7 Å². The molecule has 0 saturated carbocycles. The summed E-state index contributed by atoms with van der Waals surface area (Å²) >= 11 is 0.990. The summed E-state index contributed by atoms with van der Waals surface area (Å²) in [6.45, 7) is 6.51. The molecule has 2 aromatic rings. The van der Waals surface area contributed by atoms with Crippen molar-refractivity contribution in [2.75, 3.05) is 11.9 Å². The molecule has 0 radical (unpaired) electrons. The van der Waals surface area contributed by atoms with Gasteiger partial charge in [0.1, 0.15) is 23.4 Å². The molecule has 0 aliphatic rings. The Bertz CT molecular complexity index is 932. The van der Waals surface area contributed by atoms with Crippen LogP contribution in [-0.2, 0) is 9.53 Å². The molecule has 2 rings (SSSR count). The third-order valence-corrected chi connectivity index (χ3v) is 5.30. The molecule has 2 heterocycles. The monoisotopic (exact) mass is 408 g/mol. The Kier molecular flexibility index (Phi) is 6.62. The quantitative estimate of drug-likeness (QED) is 0.307. The zero-order valence-corrected chi connectivity index (χ0v) is 16.7. The van der Waals surface area contributed by atoms with Gasteiger partial charge in [-0.15, -0.1) is 11.3 Å². The van der Waals surface area contributed by atoms with Gasteiger partial charge in [0.2, 0.25) is 5.91 Å². The Labute approximate surface area is 164 Å². The van der Waals surface area contributed by atoms with Gasteiger partial charge in [-0.25, -0.2) is 4.79 Å². The summed E-state index contributed by atoms with van der Waals surface area (Å²) in [5.74, 6) is -1.38. The molecule has 0 aromatic carbocycles. The van der Waals surface area contributed by atoms with Gasteiger partial charge in [0.05, 0.1) is 22.0 Å². The van der Waals surface area contributed by atoms with Crippen molar-refractivity contribution in [1.29, 1.82) is 0 Å². The number of hydrogen-bond acceptors (Lipinski definition) is 8. The number of ketones is 1. The van der Waals surface area contributed by atoms with Crippen LogP contribution in [0.15, 0.2) is 12.4 Å². The van der Waals surface area contributed by atoms with Crippen LogP contribution in [0.5, 0.6) is 0 Å². The molecule has 1 N–H and O–H groups in total. The lowest BCUT2D eigenvalue weighted by Gasteiger charge is -2.15. The van der Waals surface area contributed by atoms with E-state index >= 15 is 0 Å². The summed E-state index contributed by atoms with van der Waals surface area (Å²) in [7, 11) is 0. The first-order chi connectivity index (χ1) is 13.2. The van der Waals surface area contributed by atoms with Gasteiger partial charge in [0, 0.05) is 0 Å². The SMILES string of the molecule is CCOC(=O)c1c(NC(=O)C(CC)n2cc([N+](=O)[O-])cn2)sc(C(C)=O)c1C. The fraction of sp³-hybridized carbons (Fsp3) is 0.412. The number of nitrogens with one attached hydrogen (secondary N) is 1. The van der Waals surface area contributed by atoms with Crippen molar-refractivity contribution in [2.45, 2.75) is 40.2 Å². The molecule has 1 unspecified atom stereocenters. The van der Waals surface area contributed by atoms with Crippen LogP contribution in [0.3, 0.4) is 0 Å². The Morgan fingerprint density at radius 3 is 2.57 bits per heavy atom. The Morgan fingerprint density at radius 2 is 2.07 bits per heavy atom. The second-order valence-electron chi connectivity index (χ2n) is 5.89. The number of nitro groups is 1. The minimum Gasteiger partial charge on any atom is -0.462 e. The first kappa shape index (κ1) is 21.2. The van der Waals surface area contributed by atoms with E-state index in [1.807, 2.05) is 0 Å². The number of hydrogen-bond donors (Lipinski definition) is 1. The van der Waals surface area contributed by atoms with E-state index in [4.69, 9.17) is 4.74 Å². The van der Waals surface area contributed by atoms with Crippen molar-refractivity contribution in [1.82, 2.24) is 9.78 Å². The lowest BCUT2D eigenvalue weighted by Crippen LogP contribution is -2.26. The summed E-state index contributed by atoms with van der Waals surface area (Å²) in [5, 5.41) is 17.6. The highest BCUT2D eigenvalue weighted by molar-refractivity contribution is 7.18. The molecule has 0 fully saturated rings. The molecular weight excluding hydrogens is 388 g/mol. The van der Waals surface area contributed by atoms with E-state index in [9.17, 15) is 24.5 Å². The van der Waals surface area contributed by atoms with Crippen LogP contribution in [0, 0.1) is 17.0 Å². The van der Waals surface area contributed by atoms with Crippen LogP contribution in [0.25, 0.3) is 0 Å². The van der Waals surface area contributed by atoms with E-state index < -0.39 is 22.8 Å². The molecular formula is C17H20N4O6S. The number of amides is 1. The summed E-state index contributed by atoms with van der Waals surface area (Å²) in [5.41, 5.74) is 0.338. The maximum Gasteiger partial charge on any atom is 0.341 e. The van der Waals surface area contributed by atoms with Gasteiger partial charge in [-0.05, 0) is 32.8 Å². The number of rotatable bonds is 8. The lowest BCUT2D eigenvalue weighted by atomic mass is 10.1. The molecule has 0 aliphatic heterocycles. The average molecular weight is 408 g/mol. The van der Waals surface area contributed by atoms with Crippen molar-refractivity contribution < 1.29 is 24.0 Å². The van der Waals surface area contributed by atoms with Gasteiger partial charge in [0.15, 0.2) is 5.78 Å².